The molecule has 22 heavy (non-hydrogen) atoms. The number of methoxy groups -OCH3 is 1. The molecule has 1 atom stereocenters. The SMILES string of the molecule is C=C(C)[C@H](COCc1ccc(OC)cc1)CC1SCCCS1. The summed E-state index contributed by atoms with van der Waals surface area (Å²) < 4.78 is 11.8. The van der Waals surface area contributed by atoms with Crippen molar-refractivity contribution in [2.75, 3.05) is 25.2 Å². The Morgan fingerprint density at radius 3 is 2.55 bits per heavy atom. The molecular formula is C18H26O2S2. The van der Waals surface area contributed by atoms with Crippen LogP contribution in [0.25, 0.3) is 0 Å². The van der Waals surface area contributed by atoms with Gasteiger partial charge in [0.05, 0.1) is 24.9 Å². The molecule has 1 fully saturated rings. The third kappa shape index (κ3) is 5.90. The molecule has 2 nitrogen and oxygen atoms in total. The summed E-state index contributed by atoms with van der Waals surface area (Å²) in [5.41, 5.74) is 2.42. The highest BCUT2D eigenvalue weighted by atomic mass is 32.2. The van der Waals surface area contributed by atoms with Gasteiger partial charge >= 0.3 is 0 Å². The van der Waals surface area contributed by atoms with Gasteiger partial charge < -0.3 is 9.47 Å². The van der Waals surface area contributed by atoms with Gasteiger partial charge in [0.2, 0.25) is 0 Å². The van der Waals surface area contributed by atoms with Crippen LogP contribution < -0.4 is 4.74 Å². The molecule has 1 aliphatic heterocycles. The molecule has 0 radical (unpaired) electrons. The maximum absolute atomic E-state index is 5.94. The lowest BCUT2D eigenvalue weighted by Crippen LogP contribution is -2.17. The highest BCUT2D eigenvalue weighted by Gasteiger charge is 2.20. The molecule has 0 saturated carbocycles. The van der Waals surface area contributed by atoms with E-state index in [-0.39, 0.29) is 0 Å². The van der Waals surface area contributed by atoms with Crippen molar-refractivity contribution in [3.8, 4) is 5.75 Å². The number of hydrogen-bond acceptors (Lipinski definition) is 4. The van der Waals surface area contributed by atoms with Crippen LogP contribution in [0.2, 0.25) is 0 Å². The van der Waals surface area contributed by atoms with Gasteiger partial charge in [0.1, 0.15) is 5.75 Å². The first-order chi connectivity index (χ1) is 10.7. The van der Waals surface area contributed by atoms with E-state index in [0.717, 1.165) is 12.4 Å². The number of rotatable bonds is 8. The predicted molar refractivity (Wildman–Crippen MR) is 98.9 cm³/mol. The van der Waals surface area contributed by atoms with E-state index in [9.17, 15) is 0 Å². The fraction of sp³-hybridized carbons (Fsp3) is 0.556. The summed E-state index contributed by atoms with van der Waals surface area (Å²) >= 11 is 4.19. The predicted octanol–water partition coefficient (Wildman–Crippen LogP) is 4.99. The van der Waals surface area contributed by atoms with Crippen LogP contribution >= 0.6 is 23.5 Å². The normalized spacial score (nSPS) is 17.2. The van der Waals surface area contributed by atoms with Gasteiger partial charge in [-0.3, -0.25) is 0 Å². The van der Waals surface area contributed by atoms with Crippen molar-refractivity contribution < 1.29 is 9.47 Å². The standard InChI is InChI=1S/C18H26O2S2/c1-14(2)16(11-18-21-9-4-10-22-18)13-20-12-15-5-7-17(19-3)8-6-15/h5-8,16,18H,1,4,9-13H2,2-3H3/t16-/m0/s1. The van der Waals surface area contributed by atoms with Crippen molar-refractivity contribution in [2.45, 2.75) is 31.0 Å². The maximum Gasteiger partial charge on any atom is 0.118 e. The smallest absolute Gasteiger partial charge is 0.118 e. The van der Waals surface area contributed by atoms with Gasteiger partial charge in [-0.1, -0.05) is 24.3 Å². The summed E-state index contributed by atoms with van der Waals surface area (Å²) in [4.78, 5) is 0. The zero-order valence-electron chi connectivity index (χ0n) is 13.5. The summed E-state index contributed by atoms with van der Waals surface area (Å²) in [5.74, 6) is 3.94. The first kappa shape index (κ1) is 17.8. The zero-order valence-corrected chi connectivity index (χ0v) is 15.2. The lowest BCUT2D eigenvalue weighted by molar-refractivity contribution is 0.0955. The van der Waals surface area contributed by atoms with Crippen LogP contribution in [0, 0.1) is 5.92 Å². The Bertz CT molecular complexity index is 453. The molecule has 2 rings (SSSR count). The minimum absolute atomic E-state index is 0.460. The average molecular weight is 339 g/mol. The van der Waals surface area contributed by atoms with Crippen LogP contribution in [0.1, 0.15) is 25.3 Å². The molecule has 1 aromatic carbocycles. The van der Waals surface area contributed by atoms with Crippen molar-refractivity contribution in [2.24, 2.45) is 5.92 Å². The van der Waals surface area contributed by atoms with Gasteiger partial charge in [-0.05, 0) is 49.0 Å². The Kier molecular flexibility index (Phi) is 7.70. The summed E-state index contributed by atoms with van der Waals surface area (Å²) in [6, 6.07) is 8.07. The van der Waals surface area contributed by atoms with E-state index in [0.29, 0.717) is 17.1 Å². The zero-order chi connectivity index (χ0) is 15.8. The molecule has 1 saturated heterocycles. The largest absolute Gasteiger partial charge is 0.497 e. The van der Waals surface area contributed by atoms with Crippen molar-refractivity contribution >= 4 is 23.5 Å². The fourth-order valence-electron chi connectivity index (χ4n) is 2.36. The lowest BCUT2D eigenvalue weighted by Gasteiger charge is -2.26. The molecule has 1 aromatic rings. The molecular weight excluding hydrogens is 312 g/mol. The topological polar surface area (TPSA) is 18.5 Å². The van der Waals surface area contributed by atoms with Crippen LogP contribution in [-0.2, 0) is 11.3 Å². The second-order valence-electron chi connectivity index (χ2n) is 5.67. The Morgan fingerprint density at radius 2 is 1.95 bits per heavy atom. The van der Waals surface area contributed by atoms with Crippen LogP contribution in [0.15, 0.2) is 36.4 Å². The van der Waals surface area contributed by atoms with E-state index in [1.54, 1.807) is 7.11 Å². The highest BCUT2D eigenvalue weighted by molar-refractivity contribution is 8.17. The summed E-state index contributed by atoms with van der Waals surface area (Å²) in [7, 11) is 1.68. The Morgan fingerprint density at radius 1 is 1.27 bits per heavy atom. The summed E-state index contributed by atoms with van der Waals surface area (Å²) in [6.07, 6.45) is 2.52. The summed E-state index contributed by atoms with van der Waals surface area (Å²) in [5, 5.41) is 0. The van der Waals surface area contributed by atoms with E-state index >= 15 is 0 Å². The molecule has 0 aliphatic carbocycles. The van der Waals surface area contributed by atoms with Crippen LogP contribution in [-0.4, -0.2) is 29.8 Å². The van der Waals surface area contributed by atoms with Gasteiger partial charge in [-0.25, -0.2) is 0 Å². The van der Waals surface area contributed by atoms with Gasteiger partial charge in [0.15, 0.2) is 0 Å². The number of benzene rings is 1. The van der Waals surface area contributed by atoms with E-state index < -0.39 is 0 Å². The molecule has 0 N–H and O–H groups in total. The van der Waals surface area contributed by atoms with Crippen LogP contribution in [0.5, 0.6) is 5.75 Å². The number of thioether (sulfide) groups is 2. The minimum Gasteiger partial charge on any atom is -0.497 e. The first-order valence-corrected chi connectivity index (χ1v) is 9.88. The Hall–Kier alpha value is -0.580. The molecule has 0 amide bonds. The molecule has 0 spiro atoms. The maximum atomic E-state index is 5.94. The molecule has 122 valence electrons. The van der Waals surface area contributed by atoms with Gasteiger partial charge in [-0.2, -0.15) is 0 Å². The Balaban J connectivity index is 1.76. The second kappa shape index (κ2) is 9.53. The Labute approximate surface area is 143 Å². The van der Waals surface area contributed by atoms with Crippen LogP contribution in [0.4, 0.5) is 0 Å². The molecule has 1 aliphatic rings. The third-order valence-electron chi connectivity index (χ3n) is 3.82. The minimum atomic E-state index is 0.460. The van der Waals surface area contributed by atoms with Gasteiger partial charge in [0, 0.05) is 5.92 Å². The van der Waals surface area contributed by atoms with E-state index in [1.165, 1.54) is 35.5 Å². The first-order valence-electron chi connectivity index (χ1n) is 7.78. The van der Waals surface area contributed by atoms with E-state index in [4.69, 9.17) is 9.47 Å². The van der Waals surface area contributed by atoms with E-state index in [2.05, 4.69) is 49.2 Å². The number of ether oxygens (including phenoxy) is 2. The van der Waals surface area contributed by atoms with Crippen molar-refractivity contribution in [1.82, 2.24) is 0 Å². The van der Waals surface area contributed by atoms with Gasteiger partial charge in [0.25, 0.3) is 0 Å². The third-order valence-corrected chi connectivity index (χ3v) is 6.81. The fourth-order valence-corrected chi connectivity index (χ4v) is 5.39. The van der Waals surface area contributed by atoms with Crippen LogP contribution in [0.3, 0.4) is 0 Å². The van der Waals surface area contributed by atoms with Crippen molar-refractivity contribution in [3.05, 3.63) is 42.0 Å². The van der Waals surface area contributed by atoms with Crippen molar-refractivity contribution in [3.63, 3.8) is 0 Å². The lowest BCUT2D eigenvalue weighted by atomic mass is 10.0. The molecule has 0 aromatic heterocycles. The highest BCUT2D eigenvalue weighted by Crippen LogP contribution is 2.36. The van der Waals surface area contributed by atoms with E-state index in [1.807, 2.05) is 12.1 Å². The summed E-state index contributed by atoms with van der Waals surface area (Å²) in [6.45, 7) is 7.69. The average Bonchev–Trinajstić information content (AvgIpc) is 2.55. The molecule has 1 heterocycles. The molecule has 4 heteroatoms. The molecule has 0 bridgehead atoms. The molecule has 0 unspecified atom stereocenters. The van der Waals surface area contributed by atoms with Crippen molar-refractivity contribution in [1.29, 1.82) is 0 Å². The quantitative estimate of drug-likeness (QED) is 0.621. The number of hydrogen-bond donors (Lipinski definition) is 0. The monoisotopic (exact) mass is 338 g/mol. The van der Waals surface area contributed by atoms with Gasteiger partial charge in [-0.15, -0.1) is 23.5 Å². The second-order valence-corrected chi connectivity index (χ2v) is 8.59.